The van der Waals surface area contributed by atoms with Gasteiger partial charge >= 0.3 is 0 Å². The number of rotatable bonds is 2. The molecule has 0 spiro atoms. The zero-order valence-corrected chi connectivity index (χ0v) is 10.9. The number of benzene rings is 2. The summed E-state index contributed by atoms with van der Waals surface area (Å²) < 4.78 is 40.1. The van der Waals surface area contributed by atoms with Crippen molar-refractivity contribution in [3.63, 3.8) is 0 Å². The largest absolute Gasteiger partial charge is 0.311 e. The minimum absolute atomic E-state index is 0.294. The predicted octanol–water partition coefficient (Wildman–Crippen LogP) is 3.25. The van der Waals surface area contributed by atoms with Crippen LogP contribution in [0.1, 0.15) is 15.9 Å². The average molecular weight is 290 g/mol. The van der Waals surface area contributed by atoms with Crippen molar-refractivity contribution in [1.82, 2.24) is 0 Å². The molecule has 106 valence electrons. The predicted molar refractivity (Wildman–Crippen MR) is 70.2 cm³/mol. The molecule has 3 nitrogen and oxygen atoms in total. The molecule has 0 N–H and O–H groups in total. The lowest BCUT2D eigenvalue weighted by atomic mass is 10.1. The molecule has 0 aliphatic heterocycles. The van der Waals surface area contributed by atoms with Gasteiger partial charge in [-0.3, -0.25) is 4.79 Å². The molecular weight excluding hydrogens is 281 g/mol. The van der Waals surface area contributed by atoms with E-state index in [1.807, 2.05) is 6.07 Å². The third kappa shape index (κ3) is 2.87. The van der Waals surface area contributed by atoms with E-state index in [1.165, 1.54) is 31.3 Å². The number of amides is 1. The molecule has 0 unspecified atom stereocenters. The maximum atomic E-state index is 13.6. The van der Waals surface area contributed by atoms with Gasteiger partial charge in [0.15, 0.2) is 0 Å². The molecule has 0 heterocycles. The van der Waals surface area contributed by atoms with Crippen LogP contribution < -0.4 is 4.90 Å². The molecule has 0 atom stereocenters. The summed E-state index contributed by atoms with van der Waals surface area (Å²) in [6.07, 6.45) is 0. The van der Waals surface area contributed by atoms with E-state index < -0.39 is 28.9 Å². The maximum Gasteiger partial charge on any atom is 0.263 e. The van der Waals surface area contributed by atoms with Gasteiger partial charge in [0, 0.05) is 24.9 Å². The monoisotopic (exact) mass is 290 g/mol. The third-order valence-electron chi connectivity index (χ3n) is 2.89. The third-order valence-corrected chi connectivity index (χ3v) is 2.89. The van der Waals surface area contributed by atoms with Gasteiger partial charge < -0.3 is 4.90 Å². The number of anilines is 1. The Labute approximate surface area is 118 Å². The van der Waals surface area contributed by atoms with Crippen LogP contribution in [0.25, 0.3) is 0 Å². The van der Waals surface area contributed by atoms with Gasteiger partial charge in [-0.2, -0.15) is 5.26 Å². The van der Waals surface area contributed by atoms with E-state index in [0.29, 0.717) is 23.4 Å². The first-order valence-corrected chi connectivity index (χ1v) is 5.87. The van der Waals surface area contributed by atoms with Crippen molar-refractivity contribution in [2.24, 2.45) is 0 Å². The van der Waals surface area contributed by atoms with Gasteiger partial charge in [-0.1, -0.05) is 6.07 Å². The van der Waals surface area contributed by atoms with Crippen LogP contribution in [0, 0.1) is 28.8 Å². The van der Waals surface area contributed by atoms with Crippen LogP contribution in [0.3, 0.4) is 0 Å². The van der Waals surface area contributed by atoms with Crippen molar-refractivity contribution < 1.29 is 18.0 Å². The molecule has 0 aromatic heterocycles. The van der Waals surface area contributed by atoms with E-state index in [1.54, 1.807) is 0 Å². The number of hydrogen-bond acceptors (Lipinski definition) is 2. The summed E-state index contributed by atoms with van der Waals surface area (Å²) in [6.45, 7) is 0. The Morgan fingerprint density at radius 2 is 1.76 bits per heavy atom. The second-order valence-electron chi connectivity index (χ2n) is 4.27. The van der Waals surface area contributed by atoms with Crippen molar-refractivity contribution in [1.29, 1.82) is 5.26 Å². The molecule has 0 saturated heterocycles. The molecule has 0 aliphatic rings. The van der Waals surface area contributed by atoms with E-state index in [4.69, 9.17) is 5.26 Å². The minimum atomic E-state index is -1.28. The van der Waals surface area contributed by atoms with E-state index in [2.05, 4.69) is 0 Å². The van der Waals surface area contributed by atoms with Crippen LogP contribution in [0.2, 0.25) is 0 Å². The Morgan fingerprint density at radius 1 is 1.14 bits per heavy atom. The number of nitrogens with zero attached hydrogens (tertiary/aromatic N) is 2. The molecule has 6 heteroatoms. The quantitative estimate of drug-likeness (QED) is 0.852. The molecule has 0 aliphatic carbocycles. The summed E-state index contributed by atoms with van der Waals surface area (Å²) in [5, 5.41) is 8.80. The summed E-state index contributed by atoms with van der Waals surface area (Å²) in [7, 11) is 1.31. The van der Waals surface area contributed by atoms with Crippen LogP contribution >= 0.6 is 0 Å². The Hall–Kier alpha value is -2.81. The Balaban J connectivity index is 2.42. The molecule has 0 bridgehead atoms. The van der Waals surface area contributed by atoms with Crippen molar-refractivity contribution in [3.05, 3.63) is 65.0 Å². The van der Waals surface area contributed by atoms with Crippen LogP contribution in [-0.2, 0) is 0 Å². The van der Waals surface area contributed by atoms with Crippen LogP contribution in [0.5, 0.6) is 0 Å². The smallest absolute Gasteiger partial charge is 0.263 e. The van der Waals surface area contributed by atoms with Gasteiger partial charge in [0.2, 0.25) is 0 Å². The zero-order valence-electron chi connectivity index (χ0n) is 10.9. The highest BCUT2D eigenvalue weighted by atomic mass is 19.1. The molecule has 1 amide bonds. The average Bonchev–Trinajstić information content (AvgIpc) is 2.45. The first-order chi connectivity index (χ1) is 9.93. The first-order valence-electron chi connectivity index (χ1n) is 5.87. The fourth-order valence-electron chi connectivity index (χ4n) is 1.82. The van der Waals surface area contributed by atoms with Gasteiger partial charge in [-0.05, 0) is 18.2 Å². The summed E-state index contributed by atoms with van der Waals surface area (Å²) in [5.74, 6) is -4.63. The summed E-state index contributed by atoms with van der Waals surface area (Å²) in [5.41, 5.74) is -0.254. The van der Waals surface area contributed by atoms with Crippen molar-refractivity contribution in [2.75, 3.05) is 11.9 Å². The molecule has 2 aromatic rings. The molecule has 0 saturated carbocycles. The molecule has 21 heavy (non-hydrogen) atoms. The van der Waals surface area contributed by atoms with Crippen molar-refractivity contribution in [2.45, 2.75) is 0 Å². The maximum absolute atomic E-state index is 13.6. The standard InChI is InChI=1S/C15H9F3N2O/c1-20(11-4-2-3-9(5-11)8-19)15(21)14-12(17)6-10(16)7-13(14)18/h2-7H,1H3. The highest BCUT2D eigenvalue weighted by molar-refractivity contribution is 6.06. The molecular formula is C15H9F3N2O. The van der Waals surface area contributed by atoms with Crippen LogP contribution in [0.15, 0.2) is 36.4 Å². The number of carbonyl (C=O) groups excluding carboxylic acids is 1. The van der Waals surface area contributed by atoms with Gasteiger partial charge in [0.25, 0.3) is 5.91 Å². The second-order valence-corrected chi connectivity index (χ2v) is 4.27. The number of halogens is 3. The summed E-state index contributed by atoms with van der Waals surface area (Å²) in [6, 6.07) is 8.75. The Morgan fingerprint density at radius 3 is 2.33 bits per heavy atom. The van der Waals surface area contributed by atoms with Crippen LogP contribution in [0.4, 0.5) is 18.9 Å². The van der Waals surface area contributed by atoms with Crippen molar-refractivity contribution in [3.8, 4) is 6.07 Å². The summed E-state index contributed by atoms with van der Waals surface area (Å²) >= 11 is 0. The number of hydrogen-bond donors (Lipinski definition) is 0. The number of nitriles is 1. The van der Waals surface area contributed by atoms with E-state index in [0.717, 1.165) is 4.90 Å². The van der Waals surface area contributed by atoms with Crippen LogP contribution in [-0.4, -0.2) is 13.0 Å². The van der Waals surface area contributed by atoms with E-state index in [9.17, 15) is 18.0 Å². The highest BCUT2D eigenvalue weighted by Crippen LogP contribution is 2.21. The normalized spacial score (nSPS) is 10.0. The lowest BCUT2D eigenvalue weighted by Crippen LogP contribution is -2.28. The number of carbonyl (C=O) groups is 1. The van der Waals surface area contributed by atoms with Gasteiger partial charge in [-0.15, -0.1) is 0 Å². The lowest BCUT2D eigenvalue weighted by Gasteiger charge is -2.18. The van der Waals surface area contributed by atoms with E-state index >= 15 is 0 Å². The second kappa shape index (κ2) is 5.67. The topological polar surface area (TPSA) is 44.1 Å². The Kier molecular flexibility index (Phi) is 3.94. The lowest BCUT2D eigenvalue weighted by molar-refractivity contribution is 0.0985. The molecule has 2 rings (SSSR count). The zero-order chi connectivity index (χ0) is 15.6. The fourth-order valence-corrected chi connectivity index (χ4v) is 1.82. The highest BCUT2D eigenvalue weighted by Gasteiger charge is 2.23. The minimum Gasteiger partial charge on any atom is -0.311 e. The Bertz CT molecular complexity index is 730. The fraction of sp³-hybridized carbons (Fsp3) is 0.0667. The summed E-state index contributed by atoms with van der Waals surface area (Å²) in [4.78, 5) is 13.1. The molecule has 2 aromatic carbocycles. The van der Waals surface area contributed by atoms with Gasteiger partial charge in [0.05, 0.1) is 11.6 Å². The first kappa shape index (κ1) is 14.6. The SMILES string of the molecule is CN(C(=O)c1c(F)cc(F)cc1F)c1cccc(C#N)c1. The van der Waals surface area contributed by atoms with Crippen molar-refractivity contribution >= 4 is 11.6 Å². The molecule has 0 radical (unpaired) electrons. The molecule has 0 fully saturated rings. The van der Waals surface area contributed by atoms with Gasteiger partial charge in [-0.25, -0.2) is 13.2 Å². The van der Waals surface area contributed by atoms with E-state index in [-0.39, 0.29) is 0 Å². The van der Waals surface area contributed by atoms with Gasteiger partial charge in [0.1, 0.15) is 23.0 Å².